The average Bonchev–Trinajstić information content (AvgIpc) is 2.80. The van der Waals surface area contributed by atoms with E-state index < -0.39 is 29.6 Å². The van der Waals surface area contributed by atoms with E-state index in [4.69, 9.17) is 23.2 Å². The Hall–Kier alpha value is -2.32. The molecule has 0 fully saturated rings. The molecule has 0 saturated heterocycles. The van der Waals surface area contributed by atoms with Crippen molar-refractivity contribution in [2.75, 3.05) is 0 Å². The molecule has 0 aliphatic carbocycles. The van der Waals surface area contributed by atoms with Crippen molar-refractivity contribution in [3.63, 3.8) is 0 Å². The van der Waals surface area contributed by atoms with Crippen LogP contribution >= 0.6 is 31.0 Å². The molecule has 0 heterocycles. The van der Waals surface area contributed by atoms with Crippen LogP contribution in [0.2, 0.25) is 10.0 Å². The fourth-order valence-corrected chi connectivity index (χ4v) is 7.27. The highest BCUT2D eigenvalue weighted by Crippen LogP contribution is 2.45. The summed E-state index contributed by atoms with van der Waals surface area (Å²) in [5, 5.41) is 0.688. The molecular weight excluding hydrogens is 534 g/mol. The number of ketones is 1. The summed E-state index contributed by atoms with van der Waals surface area (Å²) in [6.45, 7) is 18.2. The molecule has 3 nitrogen and oxygen atoms in total. The molecule has 1 unspecified atom stereocenters. The van der Waals surface area contributed by atoms with Crippen LogP contribution in [0.3, 0.4) is 0 Å². The number of benzene rings is 3. The van der Waals surface area contributed by atoms with E-state index in [0.29, 0.717) is 22.0 Å². The van der Waals surface area contributed by atoms with Crippen LogP contribution in [0.5, 0.6) is 0 Å². The standard InChI is InChI=1S/C32H36Cl2O3P/c1-30(2,3)20-18-21(31(4,5)6)28(38(37)29(36)25-22(33)16-13-17-23(25)34)26(32(7,8)9)24(20)27(35)19-14-11-10-12-15-19/h10-18H,1-9H3/q+1. The number of hydrogen-bond acceptors (Lipinski definition) is 3. The molecule has 0 saturated carbocycles. The van der Waals surface area contributed by atoms with Gasteiger partial charge in [0.05, 0.1) is 10.0 Å². The fraction of sp³-hybridized carbons (Fsp3) is 0.375. The summed E-state index contributed by atoms with van der Waals surface area (Å²) in [6.07, 6.45) is 0. The molecule has 6 heteroatoms. The Morgan fingerprint density at radius 3 is 1.61 bits per heavy atom. The van der Waals surface area contributed by atoms with Gasteiger partial charge < -0.3 is 0 Å². The molecule has 1 atom stereocenters. The van der Waals surface area contributed by atoms with E-state index in [-0.39, 0.29) is 21.4 Å². The Balaban J connectivity index is 2.55. The van der Waals surface area contributed by atoms with Gasteiger partial charge in [-0.1, -0.05) is 126 Å². The van der Waals surface area contributed by atoms with Crippen molar-refractivity contribution in [3.8, 4) is 0 Å². The predicted octanol–water partition coefficient (Wildman–Crippen LogP) is 9.41. The van der Waals surface area contributed by atoms with E-state index in [9.17, 15) is 14.2 Å². The lowest BCUT2D eigenvalue weighted by molar-refractivity contribution is 0.103. The van der Waals surface area contributed by atoms with E-state index in [1.54, 1.807) is 30.3 Å². The van der Waals surface area contributed by atoms with E-state index in [2.05, 4.69) is 20.8 Å². The zero-order chi connectivity index (χ0) is 28.8. The van der Waals surface area contributed by atoms with E-state index in [1.165, 1.54) is 0 Å². The van der Waals surface area contributed by atoms with Crippen LogP contribution < -0.4 is 5.30 Å². The SMILES string of the molecule is CC(C)(C)c1cc(C(C)(C)C)c([P+](=O)C(=O)c2c(Cl)cccc2Cl)c(C(C)(C)C)c1C(=O)c1ccccc1. The first-order valence-corrected chi connectivity index (χ1v) is 14.7. The van der Waals surface area contributed by atoms with Gasteiger partial charge in [-0.15, -0.1) is 0 Å². The third-order valence-corrected chi connectivity index (χ3v) is 8.59. The van der Waals surface area contributed by atoms with E-state index in [1.807, 2.05) is 65.8 Å². The maximum Gasteiger partial charge on any atom is 0.459 e. The van der Waals surface area contributed by atoms with Crippen LogP contribution in [0.25, 0.3) is 0 Å². The summed E-state index contributed by atoms with van der Waals surface area (Å²) in [6, 6.07) is 15.8. The van der Waals surface area contributed by atoms with Gasteiger partial charge in [-0.3, -0.25) is 4.79 Å². The summed E-state index contributed by atoms with van der Waals surface area (Å²) in [7, 11) is -2.68. The number of rotatable bonds is 5. The minimum absolute atomic E-state index is 0.0347. The first-order chi connectivity index (χ1) is 17.4. The Labute approximate surface area is 237 Å². The quantitative estimate of drug-likeness (QED) is 0.227. The minimum Gasteiger partial charge on any atom is -0.289 e. The van der Waals surface area contributed by atoms with Gasteiger partial charge in [0.15, 0.2) is 5.78 Å². The molecule has 0 spiro atoms. The molecule has 3 rings (SSSR count). The van der Waals surface area contributed by atoms with Gasteiger partial charge in [-0.2, -0.15) is 0 Å². The first kappa shape index (κ1) is 30.2. The largest absolute Gasteiger partial charge is 0.459 e. The second kappa shape index (κ2) is 10.7. The highest BCUT2D eigenvalue weighted by atomic mass is 35.5. The topological polar surface area (TPSA) is 51.2 Å². The Bertz CT molecular complexity index is 1400. The second-order valence-electron chi connectivity index (χ2n) is 12.7. The molecule has 0 amide bonds. The molecule has 0 N–H and O–H groups in total. The molecule has 200 valence electrons. The van der Waals surface area contributed by atoms with E-state index >= 15 is 0 Å². The van der Waals surface area contributed by atoms with Crippen LogP contribution in [0, 0.1) is 0 Å². The van der Waals surface area contributed by atoms with Gasteiger partial charge >= 0.3 is 13.3 Å². The van der Waals surface area contributed by atoms with Gasteiger partial charge in [0.25, 0.3) is 0 Å². The molecule has 0 aliphatic heterocycles. The third-order valence-electron chi connectivity index (χ3n) is 6.49. The number of carbonyl (C=O) groups is 2. The first-order valence-electron chi connectivity index (χ1n) is 12.6. The van der Waals surface area contributed by atoms with Gasteiger partial charge in [0.1, 0.15) is 5.56 Å². The van der Waals surface area contributed by atoms with Crippen molar-refractivity contribution < 1.29 is 14.2 Å². The van der Waals surface area contributed by atoms with E-state index in [0.717, 1.165) is 11.1 Å². The molecule has 38 heavy (non-hydrogen) atoms. The molecule has 3 aromatic rings. The number of hydrogen-bond donors (Lipinski definition) is 0. The second-order valence-corrected chi connectivity index (χ2v) is 15.0. The van der Waals surface area contributed by atoms with Gasteiger partial charge in [-0.05, 0) is 40.0 Å². The van der Waals surface area contributed by atoms with Crippen molar-refractivity contribution in [2.24, 2.45) is 0 Å². The summed E-state index contributed by atoms with van der Waals surface area (Å²) >= 11 is 12.7. The van der Waals surface area contributed by atoms with Gasteiger partial charge in [0, 0.05) is 22.3 Å². The number of halogens is 2. The summed E-state index contributed by atoms with van der Waals surface area (Å²) < 4.78 is 14.4. The van der Waals surface area contributed by atoms with Crippen molar-refractivity contribution in [2.45, 2.75) is 78.6 Å². The fourth-order valence-electron chi connectivity index (χ4n) is 4.65. The van der Waals surface area contributed by atoms with Crippen molar-refractivity contribution in [1.29, 1.82) is 0 Å². The van der Waals surface area contributed by atoms with Gasteiger partial charge in [0.2, 0.25) is 5.30 Å². The lowest BCUT2D eigenvalue weighted by Gasteiger charge is -2.33. The molecule has 0 radical (unpaired) electrons. The van der Waals surface area contributed by atoms with Crippen LogP contribution in [0.1, 0.15) is 105 Å². The summed E-state index contributed by atoms with van der Waals surface area (Å²) in [4.78, 5) is 28.1. The average molecular weight is 571 g/mol. The number of carbonyl (C=O) groups excluding carboxylic acids is 2. The van der Waals surface area contributed by atoms with Crippen molar-refractivity contribution in [3.05, 3.63) is 98.0 Å². The Kier molecular flexibility index (Phi) is 8.50. The predicted molar refractivity (Wildman–Crippen MR) is 160 cm³/mol. The normalized spacial score (nSPS) is 12.9. The molecule has 3 aromatic carbocycles. The minimum atomic E-state index is -2.68. The molecule has 0 bridgehead atoms. The highest BCUT2D eigenvalue weighted by Gasteiger charge is 2.47. The third kappa shape index (κ3) is 5.96. The molecule has 0 aromatic heterocycles. The lowest BCUT2D eigenvalue weighted by atomic mass is 9.71. The Morgan fingerprint density at radius 1 is 0.658 bits per heavy atom. The maximum absolute atomic E-state index is 14.4. The molecular formula is C32H36Cl2O3P+. The molecule has 0 aliphatic rings. The van der Waals surface area contributed by atoms with Crippen molar-refractivity contribution in [1.82, 2.24) is 0 Å². The maximum atomic E-state index is 14.4. The van der Waals surface area contributed by atoms with Gasteiger partial charge in [-0.25, -0.2) is 4.79 Å². The highest BCUT2D eigenvalue weighted by molar-refractivity contribution is 7.71. The monoisotopic (exact) mass is 569 g/mol. The zero-order valence-corrected chi connectivity index (χ0v) is 26.0. The van der Waals surface area contributed by atoms with Crippen LogP contribution in [0.4, 0.5) is 0 Å². The smallest absolute Gasteiger partial charge is 0.289 e. The summed E-state index contributed by atoms with van der Waals surface area (Å²) in [5.41, 5.74) is 1.19. The van der Waals surface area contributed by atoms with Crippen LogP contribution in [0.15, 0.2) is 54.6 Å². The van der Waals surface area contributed by atoms with Crippen LogP contribution in [-0.4, -0.2) is 11.3 Å². The Morgan fingerprint density at radius 2 is 1.16 bits per heavy atom. The zero-order valence-electron chi connectivity index (χ0n) is 23.6. The van der Waals surface area contributed by atoms with Crippen molar-refractivity contribution >= 4 is 47.6 Å². The lowest BCUT2D eigenvalue weighted by Crippen LogP contribution is -2.35. The van der Waals surface area contributed by atoms with Crippen LogP contribution in [-0.2, 0) is 20.8 Å². The summed E-state index contributed by atoms with van der Waals surface area (Å²) in [5.74, 6) is -0.159.